The van der Waals surface area contributed by atoms with Crippen molar-refractivity contribution in [3.8, 4) is 11.5 Å². The van der Waals surface area contributed by atoms with Crippen LogP contribution in [0.3, 0.4) is 0 Å². The van der Waals surface area contributed by atoms with Gasteiger partial charge in [-0.3, -0.25) is 0 Å². The van der Waals surface area contributed by atoms with E-state index in [1.54, 1.807) is 11.3 Å². The lowest BCUT2D eigenvalue weighted by atomic mass is 10.1. The van der Waals surface area contributed by atoms with Crippen molar-refractivity contribution >= 4 is 33.9 Å². The zero-order valence-corrected chi connectivity index (χ0v) is 16.6. The van der Waals surface area contributed by atoms with E-state index in [-0.39, 0.29) is 0 Å². The summed E-state index contributed by atoms with van der Waals surface area (Å²) >= 11 is 3.08. The highest BCUT2D eigenvalue weighted by molar-refractivity contribution is 7.98. The molecule has 0 aliphatic carbocycles. The molecule has 2 aromatic carbocycles. The summed E-state index contributed by atoms with van der Waals surface area (Å²) in [4.78, 5) is 4.62. The van der Waals surface area contributed by atoms with Crippen molar-refractivity contribution in [1.29, 1.82) is 0 Å². The van der Waals surface area contributed by atoms with E-state index in [4.69, 9.17) is 4.42 Å². The minimum Gasteiger partial charge on any atom is -0.411 e. The lowest BCUT2D eigenvalue weighted by Crippen LogP contribution is -1.90. The number of rotatable bonds is 6. The van der Waals surface area contributed by atoms with Crippen molar-refractivity contribution in [3.63, 3.8) is 0 Å². The second-order valence-corrected chi connectivity index (χ2v) is 7.90. The number of nitrogens with zero attached hydrogens (tertiary/aromatic N) is 3. The topological polar surface area (TPSA) is 63.8 Å². The van der Waals surface area contributed by atoms with Gasteiger partial charge in [0.15, 0.2) is 5.13 Å². The van der Waals surface area contributed by atoms with Crippen LogP contribution >= 0.6 is 23.1 Å². The fourth-order valence-corrected chi connectivity index (χ4v) is 4.01. The average Bonchev–Trinajstić information content (AvgIpc) is 3.32. The molecular weight excluding hydrogens is 376 g/mol. The second kappa shape index (κ2) is 7.94. The Morgan fingerprint density at radius 2 is 1.85 bits per heavy atom. The molecule has 2 heterocycles. The molecule has 0 radical (unpaired) electrons. The van der Waals surface area contributed by atoms with Crippen LogP contribution in [0.25, 0.3) is 11.5 Å². The fourth-order valence-electron chi connectivity index (χ4n) is 2.52. The minimum atomic E-state index is 0.550. The SMILES string of the molecule is Cc1ccc(Nc2nc(CSc3nnc(-c4ccccc4C)o3)cs2)cc1. The van der Waals surface area contributed by atoms with Gasteiger partial charge in [0.05, 0.1) is 5.69 Å². The van der Waals surface area contributed by atoms with Gasteiger partial charge in [-0.1, -0.05) is 47.7 Å². The van der Waals surface area contributed by atoms with Gasteiger partial charge in [0, 0.05) is 22.4 Å². The fraction of sp³-hybridized carbons (Fsp3) is 0.150. The summed E-state index contributed by atoms with van der Waals surface area (Å²) in [5.41, 5.74) is 5.34. The quantitative estimate of drug-likeness (QED) is 0.414. The molecule has 136 valence electrons. The highest BCUT2D eigenvalue weighted by atomic mass is 32.2. The number of thiazole rings is 1. The van der Waals surface area contributed by atoms with Gasteiger partial charge in [-0.2, -0.15) is 0 Å². The van der Waals surface area contributed by atoms with Gasteiger partial charge < -0.3 is 9.73 Å². The number of aromatic nitrogens is 3. The maximum Gasteiger partial charge on any atom is 0.277 e. The van der Waals surface area contributed by atoms with Crippen LogP contribution in [-0.2, 0) is 5.75 Å². The number of anilines is 2. The third-order valence-electron chi connectivity index (χ3n) is 3.98. The van der Waals surface area contributed by atoms with E-state index in [1.807, 2.05) is 36.6 Å². The van der Waals surface area contributed by atoms with E-state index in [0.717, 1.165) is 27.6 Å². The van der Waals surface area contributed by atoms with E-state index in [2.05, 4.69) is 51.7 Å². The summed E-state index contributed by atoms with van der Waals surface area (Å²) in [5, 5.41) is 15.1. The smallest absolute Gasteiger partial charge is 0.277 e. The first-order valence-corrected chi connectivity index (χ1v) is 10.3. The van der Waals surface area contributed by atoms with Crippen molar-refractivity contribution in [3.05, 3.63) is 70.7 Å². The standard InChI is InChI=1S/C20H18N4OS2/c1-13-7-9-15(10-8-13)21-19-22-16(11-26-19)12-27-20-24-23-18(25-20)17-6-4-3-5-14(17)2/h3-11H,12H2,1-2H3,(H,21,22). The Morgan fingerprint density at radius 3 is 2.67 bits per heavy atom. The van der Waals surface area contributed by atoms with E-state index >= 15 is 0 Å². The Balaban J connectivity index is 1.38. The molecule has 0 aliphatic heterocycles. The first-order chi connectivity index (χ1) is 13.2. The van der Waals surface area contributed by atoms with E-state index in [0.29, 0.717) is 16.9 Å². The Hall–Kier alpha value is -2.64. The maximum atomic E-state index is 5.79. The average molecular weight is 395 g/mol. The molecule has 0 saturated carbocycles. The molecule has 27 heavy (non-hydrogen) atoms. The Labute approximate surface area is 165 Å². The van der Waals surface area contributed by atoms with Crippen LogP contribution in [0.15, 0.2) is 63.6 Å². The third kappa shape index (κ3) is 4.37. The highest BCUT2D eigenvalue weighted by Crippen LogP contribution is 2.29. The van der Waals surface area contributed by atoms with Gasteiger partial charge in [-0.05, 0) is 37.6 Å². The number of nitrogens with one attached hydrogen (secondary N) is 1. The van der Waals surface area contributed by atoms with Gasteiger partial charge in [0.2, 0.25) is 5.89 Å². The van der Waals surface area contributed by atoms with Gasteiger partial charge in [-0.25, -0.2) is 4.98 Å². The van der Waals surface area contributed by atoms with Crippen LogP contribution in [0.1, 0.15) is 16.8 Å². The molecule has 0 saturated heterocycles. The number of thioether (sulfide) groups is 1. The van der Waals surface area contributed by atoms with Gasteiger partial charge in [-0.15, -0.1) is 21.5 Å². The molecule has 4 rings (SSSR count). The van der Waals surface area contributed by atoms with Gasteiger partial charge in [0.25, 0.3) is 5.22 Å². The van der Waals surface area contributed by atoms with Crippen LogP contribution in [0.5, 0.6) is 0 Å². The van der Waals surface area contributed by atoms with Crippen molar-refractivity contribution in [2.75, 3.05) is 5.32 Å². The summed E-state index contributed by atoms with van der Waals surface area (Å²) in [7, 11) is 0. The first kappa shape index (κ1) is 17.8. The zero-order chi connectivity index (χ0) is 18.6. The number of aryl methyl sites for hydroxylation is 2. The molecule has 0 amide bonds. The number of hydrogen-bond donors (Lipinski definition) is 1. The van der Waals surface area contributed by atoms with Crippen LogP contribution in [0.2, 0.25) is 0 Å². The minimum absolute atomic E-state index is 0.550. The van der Waals surface area contributed by atoms with Crippen molar-refractivity contribution in [2.45, 2.75) is 24.8 Å². The lowest BCUT2D eigenvalue weighted by Gasteiger charge is -2.02. The predicted molar refractivity (Wildman–Crippen MR) is 111 cm³/mol. The monoisotopic (exact) mass is 394 g/mol. The Bertz CT molecular complexity index is 1040. The summed E-state index contributed by atoms with van der Waals surface area (Å²) in [6.07, 6.45) is 0. The predicted octanol–water partition coefficient (Wildman–Crippen LogP) is 5.85. The molecule has 4 aromatic rings. The molecule has 0 spiro atoms. The molecule has 0 bridgehead atoms. The maximum absolute atomic E-state index is 5.79. The Morgan fingerprint density at radius 1 is 1.04 bits per heavy atom. The number of hydrogen-bond acceptors (Lipinski definition) is 7. The van der Waals surface area contributed by atoms with E-state index < -0.39 is 0 Å². The molecule has 5 nitrogen and oxygen atoms in total. The number of benzene rings is 2. The molecule has 7 heteroatoms. The molecule has 0 atom stereocenters. The normalized spacial score (nSPS) is 10.9. The van der Waals surface area contributed by atoms with Crippen molar-refractivity contribution < 1.29 is 4.42 Å². The molecular formula is C20H18N4OS2. The molecule has 1 N–H and O–H groups in total. The van der Waals surface area contributed by atoms with E-state index in [1.165, 1.54) is 17.3 Å². The van der Waals surface area contributed by atoms with E-state index in [9.17, 15) is 0 Å². The summed E-state index contributed by atoms with van der Waals surface area (Å²) < 4.78 is 5.79. The van der Waals surface area contributed by atoms with Crippen LogP contribution in [0, 0.1) is 13.8 Å². The van der Waals surface area contributed by atoms with Crippen molar-refractivity contribution in [1.82, 2.24) is 15.2 Å². The summed E-state index contributed by atoms with van der Waals surface area (Å²) in [6, 6.07) is 16.2. The Kier molecular flexibility index (Phi) is 5.22. The summed E-state index contributed by atoms with van der Waals surface area (Å²) in [5.74, 6) is 1.23. The van der Waals surface area contributed by atoms with Gasteiger partial charge >= 0.3 is 0 Å². The molecule has 0 aliphatic rings. The van der Waals surface area contributed by atoms with Gasteiger partial charge in [0.1, 0.15) is 0 Å². The highest BCUT2D eigenvalue weighted by Gasteiger charge is 2.12. The molecule has 0 fully saturated rings. The largest absolute Gasteiger partial charge is 0.411 e. The van der Waals surface area contributed by atoms with Crippen LogP contribution in [-0.4, -0.2) is 15.2 Å². The van der Waals surface area contributed by atoms with Crippen LogP contribution in [0.4, 0.5) is 10.8 Å². The molecule has 0 unspecified atom stereocenters. The zero-order valence-electron chi connectivity index (χ0n) is 15.0. The van der Waals surface area contributed by atoms with Crippen LogP contribution < -0.4 is 5.32 Å². The first-order valence-electron chi connectivity index (χ1n) is 8.48. The lowest BCUT2D eigenvalue weighted by molar-refractivity contribution is 0.465. The summed E-state index contributed by atoms with van der Waals surface area (Å²) in [6.45, 7) is 4.11. The molecule has 2 aromatic heterocycles. The second-order valence-electron chi connectivity index (χ2n) is 6.11. The van der Waals surface area contributed by atoms with Crippen molar-refractivity contribution in [2.24, 2.45) is 0 Å². The third-order valence-corrected chi connectivity index (χ3v) is 5.64.